The van der Waals surface area contributed by atoms with Gasteiger partial charge in [0.1, 0.15) is 12.2 Å². The summed E-state index contributed by atoms with van der Waals surface area (Å²) in [6.07, 6.45) is 1.35. The number of hydrogen-bond acceptors (Lipinski definition) is 7. The van der Waals surface area contributed by atoms with Crippen LogP contribution >= 0.6 is 27.5 Å². The molecule has 0 bridgehead atoms. The molecule has 2 heterocycles. The molecule has 0 amide bonds. The number of ether oxygens (including phenoxy) is 1. The van der Waals surface area contributed by atoms with Gasteiger partial charge in [-0.2, -0.15) is 9.78 Å². The summed E-state index contributed by atoms with van der Waals surface area (Å²) < 4.78 is 13.2. The second kappa shape index (κ2) is 11.0. The minimum Gasteiger partial charge on any atom is -0.481 e. The van der Waals surface area contributed by atoms with Crippen LogP contribution in [0.1, 0.15) is 11.1 Å². The van der Waals surface area contributed by atoms with E-state index in [1.165, 1.54) is 12.3 Å². The molecule has 4 aromatic carbocycles. The Bertz CT molecular complexity index is 2020. The van der Waals surface area contributed by atoms with Crippen molar-refractivity contribution in [3.8, 4) is 17.3 Å². The average Bonchev–Trinajstić information content (AvgIpc) is 3.41. The summed E-state index contributed by atoms with van der Waals surface area (Å²) >= 11 is 9.59. The quantitative estimate of drug-likeness (QED) is 0.102. The lowest BCUT2D eigenvalue weighted by atomic mass is 10.2. The van der Waals surface area contributed by atoms with E-state index >= 15 is 0 Å². The number of nitrogens with zero attached hydrogens (tertiary/aromatic N) is 4. The highest BCUT2D eigenvalue weighted by atomic mass is 79.9. The van der Waals surface area contributed by atoms with E-state index in [0.29, 0.717) is 42.9 Å². The van der Waals surface area contributed by atoms with Gasteiger partial charge in [0.25, 0.3) is 5.56 Å². The first-order valence-corrected chi connectivity index (χ1v) is 13.5. The van der Waals surface area contributed by atoms with Gasteiger partial charge in [0.2, 0.25) is 11.6 Å². The fourth-order valence-electron chi connectivity index (χ4n) is 4.32. The van der Waals surface area contributed by atoms with Crippen LogP contribution in [0.5, 0.6) is 5.75 Å². The van der Waals surface area contributed by atoms with Crippen molar-refractivity contribution >= 4 is 61.3 Å². The van der Waals surface area contributed by atoms with Gasteiger partial charge >= 0.3 is 5.69 Å². The summed E-state index contributed by atoms with van der Waals surface area (Å²) in [6.45, 7) is 0.0333. The van der Waals surface area contributed by atoms with E-state index in [4.69, 9.17) is 20.8 Å². The van der Waals surface area contributed by atoms with Gasteiger partial charge in [0.05, 0.1) is 26.5 Å². The SMILES string of the molecule is O=c1c2ccccc2nc(-c2cc3ccccc3o2)n1N=Cc1cc(Br)c(OCc2ccccc2Cl)c([N+](=O)[O-])c1. The van der Waals surface area contributed by atoms with Crippen LogP contribution in [0.3, 0.4) is 0 Å². The number of para-hydroxylation sites is 2. The molecule has 0 atom stereocenters. The smallest absolute Gasteiger partial charge is 0.312 e. The Kier molecular flexibility index (Phi) is 7.08. The predicted octanol–water partition coefficient (Wildman–Crippen LogP) is 7.60. The maximum Gasteiger partial charge on any atom is 0.312 e. The molecule has 0 saturated heterocycles. The van der Waals surface area contributed by atoms with Gasteiger partial charge in [0, 0.05) is 27.6 Å². The second-order valence-corrected chi connectivity index (χ2v) is 10.2. The van der Waals surface area contributed by atoms with E-state index in [-0.39, 0.29) is 23.9 Å². The lowest BCUT2D eigenvalue weighted by Gasteiger charge is -2.11. The molecule has 0 radical (unpaired) electrons. The van der Waals surface area contributed by atoms with Gasteiger partial charge in [-0.3, -0.25) is 14.9 Å². The van der Waals surface area contributed by atoms with E-state index in [2.05, 4.69) is 26.0 Å². The lowest BCUT2D eigenvalue weighted by Crippen LogP contribution is -2.20. The van der Waals surface area contributed by atoms with Crippen molar-refractivity contribution in [1.29, 1.82) is 0 Å². The predicted molar refractivity (Wildman–Crippen MR) is 161 cm³/mol. The monoisotopic (exact) mass is 628 g/mol. The van der Waals surface area contributed by atoms with Gasteiger partial charge in [-0.15, -0.1) is 0 Å². The zero-order valence-corrected chi connectivity index (χ0v) is 23.4. The number of fused-ring (bicyclic) bond motifs is 2. The lowest BCUT2D eigenvalue weighted by molar-refractivity contribution is -0.386. The third kappa shape index (κ3) is 5.22. The van der Waals surface area contributed by atoms with Crippen LogP contribution in [0, 0.1) is 10.1 Å². The molecular formula is C30H18BrClN4O5. The molecule has 9 nitrogen and oxygen atoms in total. The maximum absolute atomic E-state index is 13.5. The minimum absolute atomic E-state index is 0.0333. The number of benzene rings is 4. The molecule has 0 unspecified atom stereocenters. The van der Waals surface area contributed by atoms with E-state index in [1.807, 2.05) is 24.3 Å². The first-order valence-electron chi connectivity index (χ1n) is 12.3. The summed E-state index contributed by atoms with van der Waals surface area (Å²) in [7, 11) is 0. The summed E-state index contributed by atoms with van der Waals surface area (Å²) in [6, 6.07) is 26.1. The molecule has 11 heteroatoms. The molecule has 0 aliphatic rings. The Morgan fingerprint density at radius 1 is 1.05 bits per heavy atom. The zero-order valence-electron chi connectivity index (χ0n) is 21.0. The molecule has 0 N–H and O–H groups in total. The molecular weight excluding hydrogens is 612 g/mol. The number of halogens is 2. The Labute approximate surface area is 245 Å². The molecule has 202 valence electrons. The maximum atomic E-state index is 13.5. The number of nitro benzene ring substituents is 1. The van der Waals surface area contributed by atoms with Crippen LogP contribution < -0.4 is 10.3 Å². The van der Waals surface area contributed by atoms with Gasteiger partial charge in [-0.25, -0.2) is 4.98 Å². The Hall–Kier alpha value is -4.80. The van der Waals surface area contributed by atoms with Crippen molar-refractivity contribution in [2.75, 3.05) is 0 Å². The molecule has 0 fully saturated rings. The molecule has 0 saturated carbocycles. The van der Waals surface area contributed by atoms with Crippen molar-refractivity contribution in [2.45, 2.75) is 6.61 Å². The largest absolute Gasteiger partial charge is 0.481 e. The van der Waals surface area contributed by atoms with Gasteiger partial charge < -0.3 is 9.15 Å². The first kappa shape index (κ1) is 26.4. The van der Waals surface area contributed by atoms with Crippen LogP contribution in [0.2, 0.25) is 5.02 Å². The van der Waals surface area contributed by atoms with Crippen molar-refractivity contribution in [1.82, 2.24) is 9.66 Å². The van der Waals surface area contributed by atoms with Crippen molar-refractivity contribution in [2.24, 2.45) is 5.10 Å². The third-order valence-electron chi connectivity index (χ3n) is 6.29. The van der Waals surface area contributed by atoms with E-state index in [9.17, 15) is 14.9 Å². The first-order chi connectivity index (χ1) is 19.9. The Morgan fingerprint density at radius 2 is 1.80 bits per heavy atom. The molecule has 2 aromatic heterocycles. The third-order valence-corrected chi connectivity index (χ3v) is 7.25. The molecule has 6 aromatic rings. The van der Waals surface area contributed by atoms with Gasteiger partial charge in [0.15, 0.2) is 5.76 Å². The molecule has 0 spiro atoms. The van der Waals surface area contributed by atoms with Crippen molar-refractivity contribution in [3.63, 3.8) is 0 Å². The second-order valence-electron chi connectivity index (χ2n) is 8.95. The Balaban J connectivity index is 1.42. The van der Waals surface area contributed by atoms with Crippen LogP contribution in [-0.2, 0) is 6.61 Å². The number of nitro groups is 1. The Morgan fingerprint density at radius 3 is 2.61 bits per heavy atom. The highest BCUT2D eigenvalue weighted by Crippen LogP contribution is 2.37. The number of rotatable bonds is 7. The number of aromatic nitrogens is 2. The summed E-state index contributed by atoms with van der Waals surface area (Å²) in [5.41, 5.74) is 1.45. The van der Waals surface area contributed by atoms with Crippen LogP contribution in [0.25, 0.3) is 33.5 Å². The van der Waals surface area contributed by atoms with Crippen LogP contribution in [0.4, 0.5) is 5.69 Å². The van der Waals surface area contributed by atoms with Gasteiger partial charge in [-0.05, 0) is 52.3 Å². The standard InChI is InChI=1S/C30H18BrClN4O5/c31-22-13-18(14-25(36(38)39)28(22)40-17-20-8-1-4-10-23(20)32)16-33-35-29(27-15-19-7-2-6-12-26(19)41-27)34-24-11-5-3-9-21(24)30(35)37/h1-16H,17H2. The highest BCUT2D eigenvalue weighted by molar-refractivity contribution is 9.10. The van der Waals surface area contributed by atoms with Crippen molar-refractivity contribution in [3.05, 3.63) is 132 Å². The highest BCUT2D eigenvalue weighted by Gasteiger charge is 2.21. The number of furan rings is 1. The summed E-state index contributed by atoms with van der Waals surface area (Å²) in [4.78, 5) is 29.6. The fraction of sp³-hybridized carbons (Fsp3) is 0.0333. The summed E-state index contributed by atoms with van der Waals surface area (Å²) in [5, 5.41) is 18.1. The van der Waals surface area contributed by atoms with Gasteiger partial charge in [-0.1, -0.05) is 60.1 Å². The van der Waals surface area contributed by atoms with E-state index in [1.54, 1.807) is 60.7 Å². The van der Waals surface area contributed by atoms with E-state index in [0.717, 1.165) is 10.1 Å². The zero-order chi connectivity index (χ0) is 28.5. The molecule has 0 aliphatic carbocycles. The topological polar surface area (TPSA) is 113 Å². The normalized spacial score (nSPS) is 11.5. The van der Waals surface area contributed by atoms with E-state index < -0.39 is 10.5 Å². The molecule has 0 aliphatic heterocycles. The summed E-state index contributed by atoms with van der Waals surface area (Å²) in [5.74, 6) is 0.579. The van der Waals surface area contributed by atoms with Crippen molar-refractivity contribution < 1.29 is 14.1 Å². The number of hydrogen-bond donors (Lipinski definition) is 0. The fourth-order valence-corrected chi connectivity index (χ4v) is 5.10. The molecule has 41 heavy (non-hydrogen) atoms. The van der Waals surface area contributed by atoms with Crippen LogP contribution in [-0.4, -0.2) is 20.8 Å². The average molecular weight is 630 g/mol. The van der Waals surface area contributed by atoms with Crippen LogP contribution in [0.15, 0.2) is 110 Å². The molecule has 6 rings (SSSR count). The minimum atomic E-state index is -0.548.